The first-order valence-corrected chi connectivity index (χ1v) is 10.1. The van der Waals surface area contributed by atoms with Crippen LogP contribution in [0.15, 0.2) is 24.3 Å². The zero-order chi connectivity index (χ0) is 19.6. The predicted octanol–water partition coefficient (Wildman–Crippen LogP) is 7.44. The summed E-state index contributed by atoms with van der Waals surface area (Å²) in [6.07, 6.45) is 15.5. The van der Waals surface area contributed by atoms with Crippen molar-refractivity contribution in [1.29, 1.82) is 0 Å². The molecule has 0 amide bonds. The second-order valence-corrected chi connectivity index (χ2v) is 7.50. The highest BCUT2D eigenvalue weighted by Gasteiger charge is 2.21. The number of alkyl halides is 2. The summed E-state index contributed by atoms with van der Waals surface area (Å²) in [5.41, 5.74) is 0.497. The van der Waals surface area contributed by atoms with Crippen molar-refractivity contribution in [2.24, 2.45) is 11.8 Å². The molecule has 1 aliphatic carbocycles. The molecule has 0 bridgehead atoms. The molecule has 152 valence electrons. The Labute approximate surface area is 159 Å². The lowest BCUT2D eigenvalue weighted by Crippen LogP contribution is -2.15. The molecule has 27 heavy (non-hydrogen) atoms. The topological polar surface area (TPSA) is 9.23 Å². The Morgan fingerprint density at radius 2 is 1.59 bits per heavy atom. The number of rotatable bonds is 10. The van der Waals surface area contributed by atoms with Gasteiger partial charge in [-0.15, -0.1) is 0 Å². The van der Waals surface area contributed by atoms with Gasteiger partial charge in [0.1, 0.15) is 0 Å². The van der Waals surface area contributed by atoms with Crippen molar-refractivity contribution in [3.05, 3.63) is 41.5 Å². The lowest BCUT2D eigenvalue weighted by molar-refractivity contribution is -0.0546. The molecule has 0 unspecified atom stereocenters. The predicted molar refractivity (Wildman–Crippen MR) is 100 cm³/mol. The molecule has 5 heteroatoms. The normalized spacial score (nSPS) is 20.5. The molecule has 0 radical (unpaired) electrons. The van der Waals surface area contributed by atoms with Crippen LogP contribution in [0.1, 0.15) is 70.3 Å². The van der Waals surface area contributed by atoms with E-state index in [2.05, 4.69) is 23.8 Å². The van der Waals surface area contributed by atoms with Crippen molar-refractivity contribution >= 4 is 0 Å². The minimum atomic E-state index is -3.24. The second kappa shape index (κ2) is 11.4. The molecule has 0 spiro atoms. The van der Waals surface area contributed by atoms with E-state index in [0.717, 1.165) is 50.2 Å². The Bertz CT molecular complexity index is 569. The van der Waals surface area contributed by atoms with Crippen LogP contribution in [-0.4, -0.2) is 6.61 Å². The lowest BCUT2D eigenvalue weighted by atomic mass is 9.78. The summed E-state index contributed by atoms with van der Waals surface area (Å²) in [5.74, 6) is -1.75. The molecule has 2 rings (SSSR count). The van der Waals surface area contributed by atoms with Gasteiger partial charge in [-0.1, -0.05) is 51.2 Å². The number of aryl methyl sites for hydroxylation is 1. The van der Waals surface area contributed by atoms with Gasteiger partial charge in [0.15, 0.2) is 17.4 Å². The third-order valence-electron chi connectivity index (χ3n) is 5.46. The molecule has 0 atom stereocenters. The van der Waals surface area contributed by atoms with Crippen LogP contribution in [0.4, 0.5) is 17.6 Å². The minimum absolute atomic E-state index is 0.497. The zero-order valence-electron chi connectivity index (χ0n) is 16.0. The number of hydrogen-bond acceptors (Lipinski definition) is 1. The molecular formula is C22H30F4O. The summed E-state index contributed by atoms with van der Waals surface area (Å²) < 4.78 is 55.8. The van der Waals surface area contributed by atoms with Gasteiger partial charge >= 0.3 is 6.61 Å². The smallest absolute Gasteiger partial charge is 0.387 e. The van der Waals surface area contributed by atoms with E-state index in [1.54, 1.807) is 0 Å². The van der Waals surface area contributed by atoms with E-state index in [1.165, 1.54) is 25.7 Å². The standard InChI is InChI=1S/C22H30F4O/c1-2-3-4-5-6-7-16-8-10-17(11-9-16)12-13-18-14-19(23)21(20(24)15-18)27-22(25)26/h3-4,14-17,22H,2,5-13H2,1H3/b4-3+/t16-,17-. The molecule has 1 nitrogen and oxygen atoms in total. The Kier molecular flexibility index (Phi) is 9.16. The van der Waals surface area contributed by atoms with Gasteiger partial charge in [0.05, 0.1) is 0 Å². The Balaban J connectivity index is 1.73. The van der Waals surface area contributed by atoms with Crippen molar-refractivity contribution in [2.75, 3.05) is 0 Å². The quantitative estimate of drug-likeness (QED) is 0.231. The number of benzene rings is 1. The van der Waals surface area contributed by atoms with E-state index in [1.807, 2.05) is 0 Å². The fourth-order valence-electron chi connectivity index (χ4n) is 3.95. The molecule has 1 saturated carbocycles. The highest BCUT2D eigenvalue weighted by molar-refractivity contribution is 5.31. The molecule has 0 aliphatic heterocycles. The Hall–Kier alpha value is -1.52. The number of halogens is 4. The average Bonchev–Trinajstić information content (AvgIpc) is 2.63. The van der Waals surface area contributed by atoms with Crippen molar-refractivity contribution in [3.63, 3.8) is 0 Å². The molecule has 0 N–H and O–H groups in total. The van der Waals surface area contributed by atoms with Gasteiger partial charge < -0.3 is 4.74 Å². The molecule has 0 saturated heterocycles. The van der Waals surface area contributed by atoms with Gasteiger partial charge in [-0.3, -0.25) is 0 Å². The Morgan fingerprint density at radius 3 is 2.15 bits per heavy atom. The first kappa shape index (κ1) is 21.8. The van der Waals surface area contributed by atoms with Gasteiger partial charge in [-0.25, -0.2) is 8.78 Å². The van der Waals surface area contributed by atoms with Crippen LogP contribution in [-0.2, 0) is 6.42 Å². The molecule has 0 aromatic heterocycles. The summed E-state index contributed by atoms with van der Waals surface area (Å²) in [7, 11) is 0. The number of allylic oxidation sites excluding steroid dienone is 2. The van der Waals surface area contributed by atoms with Crippen LogP contribution in [0.25, 0.3) is 0 Å². The third kappa shape index (κ3) is 7.55. The Morgan fingerprint density at radius 1 is 1.00 bits per heavy atom. The van der Waals surface area contributed by atoms with Crippen LogP contribution < -0.4 is 4.74 Å². The maximum absolute atomic E-state index is 13.8. The van der Waals surface area contributed by atoms with Crippen molar-refractivity contribution in [1.82, 2.24) is 0 Å². The summed E-state index contributed by atoms with van der Waals surface area (Å²) >= 11 is 0. The largest absolute Gasteiger partial charge is 0.429 e. The number of hydrogen-bond donors (Lipinski definition) is 0. The van der Waals surface area contributed by atoms with E-state index < -0.39 is 24.0 Å². The lowest BCUT2D eigenvalue weighted by Gasteiger charge is -2.28. The van der Waals surface area contributed by atoms with Crippen LogP contribution in [0.2, 0.25) is 0 Å². The molecule has 1 aromatic carbocycles. The summed E-state index contributed by atoms with van der Waals surface area (Å²) in [6, 6.07) is 2.21. The van der Waals surface area contributed by atoms with Gasteiger partial charge in [-0.2, -0.15) is 8.78 Å². The van der Waals surface area contributed by atoms with Gasteiger partial charge in [0.2, 0.25) is 0 Å². The van der Waals surface area contributed by atoms with Crippen LogP contribution in [0, 0.1) is 23.5 Å². The van der Waals surface area contributed by atoms with Crippen LogP contribution in [0.3, 0.4) is 0 Å². The minimum Gasteiger partial charge on any atom is -0.429 e. The summed E-state index contributed by atoms with van der Waals surface area (Å²) in [4.78, 5) is 0. The maximum Gasteiger partial charge on any atom is 0.387 e. The zero-order valence-corrected chi connectivity index (χ0v) is 16.0. The van der Waals surface area contributed by atoms with Crippen LogP contribution >= 0.6 is 0 Å². The third-order valence-corrected chi connectivity index (χ3v) is 5.46. The van der Waals surface area contributed by atoms with Gasteiger partial charge in [0, 0.05) is 0 Å². The fourth-order valence-corrected chi connectivity index (χ4v) is 3.95. The van der Waals surface area contributed by atoms with E-state index in [-0.39, 0.29) is 0 Å². The fraction of sp³-hybridized carbons (Fsp3) is 0.636. The number of unbranched alkanes of at least 4 members (excludes halogenated alkanes) is 1. The van der Waals surface area contributed by atoms with E-state index in [9.17, 15) is 17.6 Å². The monoisotopic (exact) mass is 386 g/mol. The van der Waals surface area contributed by atoms with Gasteiger partial charge in [0.25, 0.3) is 0 Å². The number of ether oxygens (including phenoxy) is 1. The molecular weight excluding hydrogens is 356 g/mol. The van der Waals surface area contributed by atoms with E-state index in [0.29, 0.717) is 17.9 Å². The maximum atomic E-state index is 13.8. The SMILES string of the molecule is CC/C=C/CCC[C@H]1CC[C@H](CCc2cc(F)c(OC(F)F)c(F)c2)CC1. The van der Waals surface area contributed by atoms with E-state index >= 15 is 0 Å². The van der Waals surface area contributed by atoms with Crippen molar-refractivity contribution < 1.29 is 22.3 Å². The average molecular weight is 386 g/mol. The van der Waals surface area contributed by atoms with Crippen LogP contribution in [0.5, 0.6) is 5.75 Å². The van der Waals surface area contributed by atoms with E-state index in [4.69, 9.17) is 0 Å². The molecule has 1 aromatic rings. The second-order valence-electron chi connectivity index (χ2n) is 7.50. The first-order chi connectivity index (χ1) is 13.0. The molecule has 1 aliphatic rings. The van der Waals surface area contributed by atoms with Crippen molar-refractivity contribution in [2.45, 2.75) is 77.7 Å². The molecule has 1 fully saturated rings. The highest BCUT2D eigenvalue weighted by Crippen LogP contribution is 2.34. The highest BCUT2D eigenvalue weighted by atomic mass is 19.3. The summed E-state index contributed by atoms with van der Waals surface area (Å²) in [6.45, 7) is -1.09. The van der Waals surface area contributed by atoms with Crippen molar-refractivity contribution in [3.8, 4) is 5.75 Å². The first-order valence-electron chi connectivity index (χ1n) is 10.1. The molecule has 0 heterocycles. The summed E-state index contributed by atoms with van der Waals surface area (Å²) in [5, 5.41) is 0. The van der Waals surface area contributed by atoms with Gasteiger partial charge in [-0.05, 0) is 61.6 Å².